The maximum Gasteiger partial charge on any atom is 0.316 e. The fourth-order valence-electron chi connectivity index (χ4n) is 3.96. The molecule has 0 aliphatic carbocycles. The number of carbonyl (C=O) groups is 1. The molecule has 0 unspecified atom stereocenters. The second kappa shape index (κ2) is 8.78. The lowest BCUT2D eigenvalue weighted by atomic mass is 9.88. The van der Waals surface area contributed by atoms with E-state index in [-0.39, 0.29) is 11.8 Å². The summed E-state index contributed by atoms with van der Waals surface area (Å²) in [5.41, 5.74) is 2.33. The molecule has 148 valence electrons. The van der Waals surface area contributed by atoms with Gasteiger partial charge in [-0.05, 0) is 17.2 Å². The van der Waals surface area contributed by atoms with Crippen LogP contribution in [0.1, 0.15) is 23.5 Å². The molecule has 1 aliphatic rings. The lowest BCUT2D eigenvalue weighted by Crippen LogP contribution is -2.52. The Bertz CT molecular complexity index is 899. The molecule has 1 N–H and O–H groups in total. The van der Waals surface area contributed by atoms with Gasteiger partial charge in [-0.3, -0.25) is 9.69 Å². The number of carbonyl (C=O) groups excluding carboxylic acids is 1. The zero-order valence-electron chi connectivity index (χ0n) is 16.4. The topological polar surface area (TPSA) is 47.7 Å². The largest absolute Gasteiger partial charge is 0.350 e. The third-order valence-corrected chi connectivity index (χ3v) is 5.56. The van der Waals surface area contributed by atoms with Crippen molar-refractivity contribution < 1.29 is 14.7 Å². The summed E-state index contributed by atoms with van der Waals surface area (Å²) >= 11 is 0. The van der Waals surface area contributed by atoms with E-state index in [9.17, 15) is 10.0 Å². The van der Waals surface area contributed by atoms with E-state index in [0.29, 0.717) is 32.6 Å². The van der Waals surface area contributed by atoms with E-state index in [4.69, 9.17) is 0 Å². The molecular formula is C24H26N3O2+. The van der Waals surface area contributed by atoms with Crippen molar-refractivity contribution in [3.05, 3.63) is 96.2 Å². The first kappa shape index (κ1) is 19.0. The van der Waals surface area contributed by atoms with Crippen molar-refractivity contribution in [2.24, 2.45) is 0 Å². The molecule has 0 spiro atoms. The number of nitrogens with zero attached hydrogens (tertiary/aromatic N) is 3. The molecule has 1 amide bonds. The van der Waals surface area contributed by atoms with Gasteiger partial charge in [-0.25, -0.2) is 0 Å². The van der Waals surface area contributed by atoms with E-state index in [2.05, 4.69) is 29.2 Å². The van der Waals surface area contributed by atoms with Gasteiger partial charge in [-0.15, -0.1) is 0 Å². The van der Waals surface area contributed by atoms with E-state index in [1.54, 1.807) is 12.3 Å². The number of benzene rings is 2. The van der Waals surface area contributed by atoms with Crippen molar-refractivity contribution in [1.82, 2.24) is 4.90 Å². The van der Waals surface area contributed by atoms with E-state index >= 15 is 0 Å². The third kappa shape index (κ3) is 4.40. The summed E-state index contributed by atoms with van der Waals surface area (Å²) in [6.45, 7) is 2.73. The molecule has 1 saturated heterocycles. The van der Waals surface area contributed by atoms with Gasteiger partial charge < -0.3 is 10.1 Å². The summed E-state index contributed by atoms with van der Waals surface area (Å²) in [7, 11) is 0. The van der Waals surface area contributed by atoms with Gasteiger partial charge in [0.2, 0.25) is 5.91 Å². The van der Waals surface area contributed by atoms with Crippen molar-refractivity contribution >= 4 is 11.7 Å². The van der Waals surface area contributed by atoms with E-state index in [1.807, 2.05) is 53.4 Å². The molecule has 2 heterocycles. The number of hydrogen-bond acceptors (Lipinski definition) is 3. The molecule has 5 heteroatoms. The maximum atomic E-state index is 13.1. The standard InChI is InChI=1S/C24H26N3O2/c28-24(26-17-15-25(16-18-26)23-13-7-8-14-27(23)29)19-22(20-9-3-1-4-10-20)21-11-5-2-6-12-21/h1-14,22,29H,15-19H2/q+1. The Morgan fingerprint density at radius 3 is 1.93 bits per heavy atom. The summed E-state index contributed by atoms with van der Waals surface area (Å²) in [4.78, 5) is 17.2. The zero-order chi connectivity index (χ0) is 20.1. The van der Waals surface area contributed by atoms with E-state index in [0.717, 1.165) is 21.7 Å². The van der Waals surface area contributed by atoms with Gasteiger partial charge in [0.1, 0.15) is 19.3 Å². The maximum absolute atomic E-state index is 13.1. The second-order valence-electron chi connectivity index (χ2n) is 7.35. The van der Waals surface area contributed by atoms with Gasteiger partial charge in [0.15, 0.2) is 0 Å². The van der Waals surface area contributed by atoms with Crippen molar-refractivity contribution in [3.8, 4) is 0 Å². The van der Waals surface area contributed by atoms with Gasteiger partial charge >= 0.3 is 5.82 Å². The van der Waals surface area contributed by atoms with Crippen LogP contribution >= 0.6 is 0 Å². The highest BCUT2D eigenvalue weighted by atomic mass is 16.5. The number of hydrogen-bond donors (Lipinski definition) is 1. The predicted molar refractivity (Wildman–Crippen MR) is 112 cm³/mol. The van der Waals surface area contributed by atoms with Crippen LogP contribution in [0.15, 0.2) is 85.1 Å². The molecule has 2 aromatic carbocycles. The summed E-state index contributed by atoms with van der Waals surface area (Å²) in [6, 6.07) is 26.1. The minimum atomic E-state index is 0.0525. The molecule has 0 saturated carbocycles. The number of amides is 1. The molecule has 0 radical (unpaired) electrons. The van der Waals surface area contributed by atoms with Crippen LogP contribution in [0, 0.1) is 0 Å². The Hall–Kier alpha value is -3.34. The number of anilines is 1. The zero-order valence-corrected chi connectivity index (χ0v) is 16.4. The minimum Gasteiger partial charge on any atom is -0.350 e. The number of rotatable bonds is 5. The SMILES string of the molecule is O=C(CC(c1ccccc1)c1ccccc1)N1CCN(c2cccc[n+]2O)CC1. The average molecular weight is 388 g/mol. The Labute approximate surface area is 171 Å². The first-order chi connectivity index (χ1) is 14.2. The molecular weight excluding hydrogens is 362 g/mol. The average Bonchev–Trinajstić information content (AvgIpc) is 2.79. The predicted octanol–water partition coefficient (Wildman–Crippen LogP) is 3.08. The summed E-state index contributed by atoms with van der Waals surface area (Å²) in [5.74, 6) is 0.981. The Morgan fingerprint density at radius 2 is 1.38 bits per heavy atom. The summed E-state index contributed by atoms with van der Waals surface area (Å²) in [6.07, 6.45) is 2.08. The Kier molecular flexibility index (Phi) is 5.75. The van der Waals surface area contributed by atoms with Crippen LogP contribution in [0.2, 0.25) is 0 Å². The van der Waals surface area contributed by atoms with Crippen LogP contribution in [0.3, 0.4) is 0 Å². The summed E-state index contributed by atoms with van der Waals surface area (Å²) < 4.78 is 1.14. The number of aromatic nitrogens is 1. The highest BCUT2D eigenvalue weighted by molar-refractivity contribution is 5.78. The first-order valence-corrected chi connectivity index (χ1v) is 10.0. The number of pyridine rings is 1. The fraction of sp³-hybridized carbons (Fsp3) is 0.250. The Balaban J connectivity index is 1.44. The lowest BCUT2D eigenvalue weighted by Gasteiger charge is -2.32. The van der Waals surface area contributed by atoms with Gasteiger partial charge in [-0.2, -0.15) is 0 Å². The molecule has 1 aromatic heterocycles. The molecule has 29 heavy (non-hydrogen) atoms. The lowest BCUT2D eigenvalue weighted by molar-refractivity contribution is -0.894. The second-order valence-corrected chi connectivity index (χ2v) is 7.35. The van der Waals surface area contributed by atoms with Crippen LogP contribution in [0.25, 0.3) is 0 Å². The van der Waals surface area contributed by atoms with E-state index in [1.165, 1.54) is 0 Å². The molecule has 1 aliphatic heterocycles. The number of piperazine rings is 1. The normalized spacial score (nSPS) is 14.2. The first-order valence-electron chi connectivity index (χ1n) is 10.0. The van der Waals surface area contributed by atoms with Gasteiger partial charge in [0, 0.05) is 18.4 Å². The van der Waals surface area contributed by atoms with Crippen LogP contribution in [-0.2, 0) is 4.79 Å². The molecule has 3 aromatic rings. The van der Waals surface area contributed by atoms with Gasteiger partial charge in [0.25, 0.3) is 0 Å². The highest BCUT2D eigenvalue weighted by Gasteiger charge is 2.29. The fourth-order valence-corrected chi connectivity index (χ4v) is 3.96. The monoisotopic (exact) mass is 388 g/mol. The van der Waals surface area contributed by atoms with Gasteiger partial charge in [0.05, 0.1) is 13.1 Å². The third-order valence-electron chi connectivity index (χ3n) is 5.56. The minimum absolute atomic E-state index is 0.0525. The molecule has 1 fully saturated rings. The van der Waals surface area contributed by atoms with Crippen molar-refractivity contribution in [1.29, 1.82) is 0 Å². The Morgan fingerprint density at radius 1 is 0.828 bits per heavy atom. The smallest absolute Gasteiger partial charge is 0.316 e. The molecule has 5 nitrogen and oxygen atoms in total. The summed E-state index contributed by atoms with van der Waals surface area (Å²) in [5, 5.41) is 10.0. The molecule has 0 bridgehead atoms. The van der Waals surface area contributed by atoms with Crippen LogP contribution < -0.4 is 9.63 Å². The van der Waals surface area contributed by atoms with Crippen molar-refractivity contribution in [3.63, 3.8) is 0 Å². The van der Waals surface area contributed by atoms with Gasteiger partial charge in [-0.1, -0.05) is 71.5 Å². The molecule has 0 atom stereocenters. The van der Waals surface area contributed by atoms with Crippen molar-refractivity contribution in [2.45, 2.75) is 12.3 Å². The van der Waals surface area contributed by atoms with Crippen LogP contribution in [-0.4, -0.2) is 42.2 Å². The quantitative estimate of drug-likeness (QED) is 0.540. The van der Waals surface area contributed by atoms with Crippen molar-refractivity contribution in [2.75, 3.05) is 31.1 Å². The van der Waals surface area contributed by atoms with Crippen LogP contribution in [0.4, 0.5) is 5.82 Å². The van der Waals surface area contributed by atoms with Crippen LogP contribution in [0.5, 0.6) is 0 Å². The highest BCUT2D eigenvalue weighted by Crippen LogP contribution is 2.28. The van der Waals surface area contributed by atoms with E-state index < -0.39 is 0 Å². The molecule has 4 rings (SSSR count).